The third-order valence-corrected chi connectivity index (χ3v) is 8.35. The van der Waals surface area contributed by atoms with Crippen molar-refractivity contribution in [2.45, 2.75) is 50.5 Å². The monoisotopic (exact) mass is 500 g/mol. The molecule has 1 unspecified atom stereocenters. The summed E-state index contributed by atoms with van der Waals surface area (Å²) >= 11 is 0. The van der Waals surface area contributed by atoms with Crippen LogP contribution in [0.5, 0.6) is 11.5 Å². The number of methoxy groups -OCH3 is 1. The van der Waals surface area contributed by atoms with Gasteiger partial charge in [-0.3, -0.25) is 0 Å². The molecule has 3 aromatic carbocycles. The highest BCUT2D eigenvalue weighted by Crippen LogP contribution is 2.40. The first-order chi connectivity index (χ1) is 18.0. The summed E-state index contributed by atoms with van der Waals surface area (Å²) in [5, 5.41) is 19.9. The number of piperidine rings is 1. The van der Waals surface area contributed by atoms with Crippen LogP contribution in [0.2, 0.25) is 0 Å². The van der Waals surface area contributed by atoms with Crippen LogP contribution in [0.3, 0.4) is 0 Å². The summed E-state index contributed by atoms with van der Waals surface area (Å²) < 4.78 is 5.62. The summed E-state index contributed by atoms with van der Waals surface area (Å²) in [7, 11) is 3.92. The van der Waals surface area contributed by atoms with Crippen molar-refractivity contribution in [3.05, 3.63) is 88.5 Å². The Bertz CT molecular complexity index is 1190. The van der Waals surface area contributed by atoms with E-state index in [2.05, 4.69) is 65.4 Å². The quantitative estimate of drug-likeness (QED) is 0.429. The van der Waals surface area contributed by atoms with Crippen LogP contribution in [0.4, 0.5) is 5.69 Å². The molecule has 1 aliphatic heterocycles. The molecule has 0 radical (unpaired) electrons. The number of benzene rings is 3. The van der Waals surface area contributed by atoms with E-state index in [0.29, 0.717) is 24.1 Å². The summed E-state index contributed by atoms with van der Waals surface area (Å²) in [6, 6.07) is 21.3. The van der Waals surface area contributed by atoms with E-state index in [1.165, 1.54) is 53.7 Å². The Morgan fingerprint density at radius 2 is 1.70 bits per heavy atom. The van der Waals surface area contributed by atoms with Crippen LogP contribution >= 0.6 is 0 Å². The Morgan fingerprint density at radius 3 is 2.43 bits per heavy atom. The van der Waals surface area contributed by atoms with Crippen LogP contribution < -0.4 is 9.64 Å². The Kier molecular flexibility index (Phi) is 8.02. The molecule has 5 heteroatoms. The van der Waals surface area contributed by atoms with Gasteiger partial charge in [0.05, 0.1) is 13.7 Å². The molecular weight excluding hydrogens is 460 g/mol. The smallest absolute Gasteiger partial charge is 0.120 e. The van der Waals surface area contributed by atoms with Crippen molar-refractivity contribution in [2.75, 3.05) is 45.3 Å². The molecule has 0 bridgehead atoms. The molecule has 37 heavy (non-hydrogen) atoms. The van der Waals surface area contributed by atoms with Crippen molar-refractivity contribution >= 4 is 5.69 Å². The maximum Gasteiger partial charge on any atom is 0.120 e. The Morgan fingerprint density at radius 1 is 0.919 bits per heavy atom. The Labute approximate surface area is 221 Å². The molecule has 1 aliphatic carbocycles. The summed E-state index contributed by atoms with van der Waals surface area (Å²) in [6.07, 6.45) is 5.40. The van der Waals surface area contributed by atoms with E-state index in [-0.39, 0.29) is 6.61 Å². The molecule has 1 fully saturated rings. The highest BCUT2D eigenvalue weighted by molar-refractivity contribution is 5.60. The molecule has 0 aromatic heterocycles. The molecule has 5 rings (SSSR count). The van der Waals surface area contributed by atoms with Gasteiger partial charge in [0, 0.05) is 24.8 Å². The van der Waals surface area contributed by atoms with Gasteiger partial charge in [0.25, 0.3) is 0 Å². The molecule has 196 valence electrons. The fourth-order valence-electron chi connectivity index (χ4n) is 6.14. The third-order valence-electron chi connectivity index (χ3n) is 8.35. The minimum Gasteiger partial charge on any atom is -0.508 e. The SMILES string of the molecule is COc1ccc(C2CCc3cc(O)ccc3C2)c(N(CCO)Cc2ccc(C3CCN(C)CC3)cc2)c1. The number of rotatable bonds is 8. The second-order valence-electron chi connectivity index (χ2n) is 10.8. The van der Waals surface area contributed by atoms with E-state index in [1.807, 2.05) is 6.07 Å². The maximum absolute atomic E-state index is 10.00. The lowest BCUT2D eigenvalue weighted by Crippen LogP contribution is -2.29. The van der Waals surface area contributed by atoms with Crippen LogP contribution in [-0.4, -0.2) is 55.5 Å². The molecule has 0 saturated carbocycles. The fourth-order valence-corrected chi connectivity index (χ4v) is 6.14. The summed E-state index contributed by atoms with van der Waals surface area (Å²) in [4.78, 5) is 4.72. The lowest BCUT2D eigenvalue weighted by molar-refractivity contribution is 0.255. The maximum atomic E-state index is 10.00. The zero-order chi connectivity index (χ0) is 25.8. The number of anilines is 1. The van der Waals surface area contributed by atoms with Gasteiger partial charge < -0.3 is 24.7 Å². The van der Waals surface area contributed by atoms with E-state index >= 15 is 0 Å². The average molecular weight is 501 g/mol. The number of phenols is 1. The van der Waals surface area contributed by atoms with Gasteiger partial charge in [0.15, 0.2) is 0 Å². The van der Waals surface area contributed by atoms with Crippen LogP contribution in [0.1, 0.15) is 58.9 Å². The lowest BCUT2D eigenvalue weighted by Gasteiger charge is -2.32. The number of phenolic OH excluding ortho intramolecular Hbond substituents is 1. The van der Waals surface area contributed by atoms with Crippen LogP contribution in [0.15, 0.2) is 60.7 Å². The topological polar surface area (TPSA) is 56.2 Å². The van der Waals surface area contributed by atoms with Crippen molar-refractivity contribution in [3.8, 4) is 11.5 Å². The first kappa shape index (κ1) is 25.6. The lowest BCUT2D eigenvalue weighted by atomic mass is 9.79. The van der Waals surface area contributed by atoms with Gasteiger partial charge in [-0.25, -0.2) is 0 Å². The average Bonchev–Trinajstić information content (AvgIpc) is 2.93. The Balaban J connectivity index is 1.39. The van der Waals surface area contributed by atoms with E-state index in [9.17, 15) is 10.2 Å². The number of hydrogen-bond donors (Lipinski definition) is 2. The summed E-state index contributed by atoms with van der Waals surface area (Å²) in [5.74, 6) is 2.21. The number of hydrogen-bond acceptors (Lipinski definition) is 5. The van der Waals surface area contributed by atoms with Crippen molar-refractivity contribution in [1.29, 1.82) is 0 Å². The van der Waals surface area contributed by atoms with Crippen molar-refractivity contribution < 1.29 is 14.9 Å². The van der Waals surface area contributed by atoms with Gasteiger partial charge in [0.2, 0.25) is 0 Å². The minimum atomic E-state index is 0.0943. The molecule has 1 heterocycles. The number of aliphatic hydroxyl groups excluding tert-OH is 1. The van der Waals surface area contributed by atoms with E-state index < -0.39 is 0 Å². The predicted molar refractivity (Wildman–Crippen MR) is 150 cm³/mol. The number of nitrogens with zero attached hydrogens (tertiary/aromatic N) is 2. The molecule has 2 N–H and O–H groups in total. The molecule has 2 aliphatic rings. The highest BCUT2D eigenvalue weighted by Gasteiger charge is 2.25. The second-order valence-corrected chi connectivity index (χ2v) is 10.8. The first-order valence-electron chi connectivity index (χ1n) is 13.7. The number of aliphatic hydroxyl groups is 1. The van der Waals surface area contributed by atoms with Gasteiger partial charge in [-0.1, -0.05) is 36.4 Å². The molecule has 1 saturated heterocycles. The number of fused-ring (bicyclic) bond motifs is 1. The van der Waals surface area contributed by atoms with Gasteiger partial charge in [-0.2, -0.15) is 0 Å². The number of likely N-dealkylation sites (tertiary alicyclic amines) is 1. The number of ether oxygens (including phenoxy) is 1. The zero-order valence-electron chi connectivity index (χ0n) is 22.2. The normalized spacial score (nSPS) is 18.4. The standard InChI is InChI=1S/C32H40N2O3/c1-33-15-13-25(14-16-33)24-5-3-23(4-6-24)22-34(17-18-35)32-21-30(37-2)11-12-31(32)28-8-7-27-20-29(36)10-9-26(27)19-28/h3-6,9-12,20-21,25,28,35-36H,7-8,13-19,22H2,1-2H3. The van der Waals surface area contributed by atoms with Crippen LogP contribution in [-0.2, 0) is 19.4 Å². The first-order valence-corrected chi connectivity index (χ1v) is 13.7. The largest absolute Gasteiger partial charge is 0.508 e. The van der Waals surface area contributed by atoms with E-state index in [4.69, 9.17) is 4.74 Å². The van der Waals surface area contributed by atoms with E-state index in [1.54, 1.807) is 13.2 Å². The summed E-state index contributed by atoms with van der Waals surface area (Å²) in [5.41, 5.74) is 7.70. The molecule has 0 amide bonds. The minimum absolute atomic E-state index is 0.0943. The Hall–Kier alpha value is -3.02. The van der Waals surface area contributed by atoms with Crippen molar-refractivity contribution in [3.63, 3.8) is 0 Å². The van der Waals surface area contributed by atoms with E-state index in [0.717, 1.165) is 37.2 Å². The van der Waals surface area contributed by atoms with Crippen LogP contribution in [0.25, 0.3) is 0 Å². The predicted octanol–water partition coefficient (Wildman–Crippen LogP) is 5.48. The van der Waals surface area contributed by atoms with Crippen molar-refractivity contribution in [1.82, 2.24) is 4.90 Å². The zero-order valence-corrected chi connectivity index (χ0v) is 22.2. The second kappa shape index (κ2) is 11.6. The highest BCUT2D eigenvalue weighted by atomic mass is 16.5. The molecule has 5 nitrogen and oxygen atoms in total. The molecule has 3 aromatic rings. The van der Waals surface area contributed by atoms with Gasteiger partial charge >= 0.3 is 0 Å². The van der Waals surface area contributed by atoms with Gasteiger partial charge in [0.1, 0.15) is 11.5 Å². The van der Waals surface area contributed by atoms with Crippen LogP contribution in [0, 0.1) is 0 Å². The van der Waals surface area contributed by atoms with Gasteiger partial charge in [-0.05, 0) is 110 Å². The summed E-state index contributed by atoms with van der Waals surface area (Å²) in [6.45, 7) is 3.74. The van der Waals surface area contributed by atoms with Crippen molar-refractivity contribution in [2.24, 2.45) is 0 Å². The fraction of sp³-hybridized carbons (Fsp3) is 0.438. The number of aryl methyl sites for hydroxylation is 1. The third kappa shape index (κ3) is 5.94. The number of aromatic hydroxyl groups is 1. The molecular formula is C32H40N2O3. The molecule has 1 atom stereocenters. The molecule has 0 spiro atoms. The van der Waals surface area contributed by atoms with Gasteiger partial charge in [-0.15, -0.1) is 0 Å².